The number of amides is 1. The Balaban J connectivity index is 1.89. The van der Waals surface area contributed by atoms with Gasteiger partial charge < -0.3 is 10.5 Å². The van der Waals surface area contributed by atoms with Gasteiger partial charge in [0.05, 0.1) is 28.0 Å². The van der Waals surface area contributed by atoms with E-state index in [1.54, 1.807) is 12.1 Å². The van der Waals surface area contributed by atoms with Gasteiger partial charge in [0, 0.05) is 5.02 Å². The maximum atomic E-state index is 11.5. The van der Waals surface area contributed by atoms with Crippen LogP contribution < -0.4 is 10.5 Å². The Kier molecular flexibility index (Phi) is 4.12. The minimum atomic E-state index is -0.594. The molecule has 1 heterocycles. The second-order valence-corrected chi connectivity index (χ2v) is 5.47. The molecule has 3 rings (SSSR count). The molecule has 1 amide bonds. The number of aromatic nitrogens is 2. The van der Waals surface area contributed by atoms with Crippen molar-refractivity contribution in [3.05, 3.63) is 64.4 Å². The highest BCUT2D eigenvalue weighted by molar-refractivity contribution is 6.31. The molecule has 6 heteroatoms. The van der Waals surface area contributed by atoms with Crippen LogP contribution >= 0.6 is 11.6 Å². The molecule has 0 spiro atoms. The standard InChI is InChI=1S/C17H14ClN3O2/c1-10-15(21-14-5-3-2-4-13(14)20-10)9-23-16-7-6-11(18)8-12(16)17(19)22/h2-8H,9H2,1H3,(H2,19,22). The van der Waals surface area contributed by atoms with Gasteiger partial charge in [0.25, 0.3) is 5.91 Å². The molecule has 2 N–H and O–H groups in total. The molecule has 0 unspecified atom stereocenters. The van der Waals surface area contributed by atoms with Crippen molar-refractivity contribution in [2.45, 2.75) is 13.5 Å². The van der Waals surface area contributed by atoms with E-state index in [0.29, 0.717) is 16.5 Å². The summed E-state index contributed by atoms with van der Waals surface area (Å²) >= 11 is 5.88. The molecule has 0 saturated carbocycles. The lowest BCUT2D eigenvalue weighted by Gasteiger charge is -2.11. The van der Waals surface area contributed by atoms with Crippen LogP contribution in [-0.4, -0.2) is 15.9 Å². The molecule has 0 aliphatic rings. The fourth-order valence-corrected chi connectivity index (χ4v) is 2.40. The Morgan fingerprint density at radius 3 is 2.57 bits per heavy atom. The maximum absolute atomic E-state index is 11.5. The van der Waals surface area contributed by atoms with Gasteiger partial charge in [0.2, 0.25) is 0 Å². The van der Waals surface area contributed by atoms with Gasteiger partial charge in [-0.2, -0.15) is 0 Å². The Morgan fingerprint density at radius 2 is 1.87 bits per heavy atom. The summed E-state index contributed by atoms with van der Waals surface area (Å²) in [6.45, 7) is 2.06. The van der Waals surface area contributed by atoms with Crippen LogP contribution in [0.2, 0.25) is 5.02 Å². The number of hydrogen-bond donors (Lipinski definition) is 1. The third-order valence-corrected chi connectivity index (χ3v) is 3.65. The average Bonchev–Trinajstić information content (AvgIpc) is 2.53. The number of rotatable bonds is 4. The first-order chi connectivity index (χ1) is 11.0. The quantitative estimate of drug-likeness (QED) is 0.797. The first-order valence-corrected chi connectivity index (χ1v) is 7.37. The van der Waals surface area contributed by atoms with Crippen molar-refractivity contribution >= 4 is 28.5 Å². The zero-order valence-corrected chi connectivity index (χ0v) is 13.2. The second kappa shape index (κ2) is 6.22. The van der Waals surface area contributed by atoms with Crippen molar-refractivity contribution in [1.29, 1.82) is 0 Å². The van der Waals surface area contributed by atoms with Crippen LogP contribution in [0.15, 0.2) is 42.5 Å². The van der Waals surface area contributed by atoms with Crippen LogP contribution in [0, 0.1) is 6.92 Å². The highest BCUT2D eigenvalue weighted by Crippen LogP contribution is 2.24. The topological polar surface area (TPSA) is 78.1 Å². The molecule has 0 fully saturated rings. The van der Waals surface area contributed by atoms with E-state index in [0.717, 1.165) is 16.7 Å². The Morgan fingerprint density at radius 1 is 1.17 bits per heavy atom. The Labute approximate surface area is 138 Å². The van der Waals surface area contributed by atoms with Gasteiger partial charge in [0.15, 0.2) is 0 Å². The van der Waals surface area contributed by atoms with E-state index < -0.39 is 5.91 Å². The number of primary amides is 1. The van der Waals surface area contributed by atoms with E-state index >= 15 is 0 Å². The van der Waals surface area contributed by atoms with Crippen LogP contribution in [0.25, 0.3) is 11.0 Å². The molecule has 0 atom stereocenters. The number of nitrogens with zero attached hydrogens (tertiary/aromatic N) is 2. The minimum absolute atomic E-state index is 0.186. The average molecular weight is 328 g/mol. The van der Waals surface area contributed by atoms with Gasteiger partial charge in [-0.05, 0) is 37.3 Å². The predicted molar refractivity (Wildman–Crippen MR) is 88.6 cm³/mol. The van der Waals surface area contributed by atoms with Crippen LogP contribution in [0.5, 0.6) is 5.75 Å². The van der Waals surface area contributed by atoms with Gasteiger partial charge in [-0.25, -0.2) is 9.97 Å². The molecule has 0 radical (unpaired) electrons. The van der Waals surface area contributed by atoms with Crippen molar-refractivity contribution < 1.29 is 9.53 Å². The first kappa shape index (κ1) is 15.2. The zero-order valence-electron chi connectivity index (χ0n) is 12.4. The predicted octanol–water partition coefficient (Wildman–Crippen LogP) is 3.27. The molecule has 2 aromatic carbocycles. The summed E-state index contributed by atoms with van der Waals surface area (Å²) in [7, 11) is 0. The molecule has 23 heavy (non-hydrogen) atoms. The van der Waals surface area contributed by atoms with Crippen molar-refractivity contribution in [1.82, 2.24) is 9.97 Å². The van der Waals surface area contributed by atoms with Gasteiger partial charge in [0.1, 0.15) is 12.4 Å². The molecular formula is C17H14ClN3O2. The number of nitrogens with two attached hydrogens (primary N) is 1. The van der Waals surface area contributed by atoms with E-state index in [1.807, 2.05) is 31.2 Å². The van der Waals surface area contributed by atoms with Crippen LogP contribution in [-0.2, 0) is 6.61 Å². The second-order valence-electron chi connectivity index (χ2n) is 5.04. The van der Waals surface area contributed by atoms with Gasteiger partial charge in [-0.15, -0.1) is 0 Å². The largest absolute Gasteiger partial charge is 0.486 e. The smallest absolute Gasteiger partial charge is 0.252 e. The molecule has 3 aromatic rings. The number of ether oxygens (including phenoxy) is 1. The summed E-state index contributed by atoms with van der Waals surface area (Å²) in [6.07, 6.45) is 0. The molecule has 0 bridgehead atoms. The van der Waals surface area contributed by atoms with Crippen LogP contribution in [0.1, 0.15) is 21.7 Å². The normalized spacial score (nSPS) is 10.7. The number of aryl methyl sites for hydroxylation is 1. The monoisotopic (exact) mass is 327 g/mol. The van der Waals surface area contributed by atoms with E-state index in [-0.39, 0.29) is 12.2 Å². The molecule has 1 aromatic heterocycles. The summed E-state index contributed by atoms with van der Waals surface area (Å²) < 4.78 is 5.71. The van der Waals surface area contributed by atoms with E-state index in [1.165, 1.54) is 6.07 Å². The number of para-hydroxylation sites is 2. The van der Waals surface area contributed by atoms with Crippen molar-refractivity contribution in [3.8, 4) is 5.75 Å². The third kappa shape index (κ3) is 3.24. The van der Waals surface area contributed by atoms with Crippen LogP contribution in [0.4, 0.5) is 0 Å². The summed E-state index contributed by atoms with van der Waals surface area (Å²) in [5.41, 5.74) is 8.70. The lowest BCUT2D eigenvalue weighted by molar-refractivity contribution is 0.0996. The number of carbonyl (C=O) groups excluding carboxylic acids is 1. The number of hydrogen-bond acceptors (Lipinski definition) is 4. The van der Waals surface area contributed by atoms with Gasteiger partial charge in [-0.3, -0.25) is 4.79 Å². The fraction of sp³-hybridized carbons (Fsp3) is 0.118. The first-order valence-electron chi connectivity index (χ1n) is 6.99. The number of carbonyl (C=O) groups is 1. The summed E-state index contributed by atoms with van der Waals surface area (Å²) in [5, 5.41) is 0.424. The lowest BCUT2D eigenvalue weighted by Crippen LogP contribution is -2.13. The van der Waals surface area contributed by atoms with Crippen molar-refractivity contribution in [2.75, 3.05) is 0 Å². The number of halogens is 1. The zero-order chi connectivity index (χ0) is 16.4. The van der Waals surface area contributed by atoms with Crippen molar-refractivity contribution in [2.24, 2.45) is 5.73 Å². The maximum Gasteiger partial charge on any atom is 0.252 e. The molecule has 0 aliphatic carbocycles. The lowest BCUT2D eigenvalue weighted by atomic mass is 10.2. The van der Waals surface area contributed by atoms with Crippen molar-refractivity contribution in [3.63, 3.8) is 0 Å². The number of benzene rings is 2. The fourth-order valence-electron chi connectivity index (χ4n) is 2.23. The number of fused-ring (bicyclic) bond motifs is 1. The van der Waals surface area contributed by atoms with E-state index in [4.69, 9.17) is 22.1 Å². The molecule has 0 saturated heterocycles. The highest BCUT2D eigenvalue weighted by Gasteiger charge is 2.12. The third-order valence-electron chi connectivity index (χ3n) is 3.41. The van der Waals surface area contributed by atoms with Crippen LogP contribution in [0.3, 0.4) is 0 Å². The summed E-state index contributed by atoms with van der Waals surface area (Å²) in [6, 6.07) is 12.4. The molecule has 116 valence electrons. The molecular weight excluding hydrogens is 314 g/mol. The summed E-state index contributed by atoms with van der Waals surface area (Å²) in [5.74, 6) is -0.222. The van der Waals surface area contributed by atoms with Gasteiger partial charge in [-0.1, -0.05) is 23.7 Å². The van der Waals surface area contributed by atoms with E-state index in [9.17, 15) is 4.79 Å². The SMILES string of the molecule is Cc1nc2ccccc2nc1COc1ccc(Cl)cc1C(N)=O. The Bertz CT molecular complexity index is 896. The van der Waals surface area contributed by atoms with Gasteiger partial charge >= 0.3 is 0 Å². The van der Waals surface area contributed by atoms with E-state index in [2.05, 4.69) is 9.97 Å². The Hall–Kier alpha value is -2.66. The molecule has 5 nitrogen and oxygen atoms in total. The minimum Gasteiger partial charge on any atom is -0.486 e. The highest BCUT2D eigenvalue weighted by atomic mass is 35.5. The molecule has 0 aliphatic heterocycles. The summed E-state index contributed by atoms with van der Waals surface area (Å²) in [4.78, 5) is 20.5.